The Labute approximate surface area is 123 Å². The molecule has 1 rings (SSSR count). The maximum Gasteiger partial charge on any atom is 0.309 e. The van der Waals surface area contributed by atoms with E-state index >= 15 is 0 Å². The van der Waals surface area contributed by atoms with E-state index in [9.17, 15) is 14.0 Å². The quantitative estimate of drug-likeness (QED) is 0.808. The van der Waals surface area contributed by atoms with Gasteiger partial charge in [0.25, 0.3) is 5.91 Å². The van der Waals surface area contributed by atoms with E-state index in [0.29, 0.717) is 6.42 Å². The molecule has 0 aliphatic carbocycles. The highest BCUT2D eigenvalue weighted by atomic mass is 19.1. The monoisotopic (exact) mass is 297 g/mol. The van der Waals surface area contributed by atoms with Crippen LogP contribution in [-0.4, -0.2) is 30.1 Å². The summed E-state index contributed by atoms with van der Waals surface area (Å²) in [5.41, 5.74) is -0.0772. The van der Waals surface area contributed by atoms with Crippen LogP contribution in [0, 0.1) is 18.2 Å². The first-order chi connectivity index (χ1) is 9.72. The summed E-state index contributed by atoms with van der Waals surface area (Å²) in [6, 6.07) is 4.39. The molecule has 1 aromatic carbocycles. The molecule has 0 atom stereocenters. The van der Waals surface area contributed by atoms with Gasteiger partial charge in [0.1, 0.15) is 0 Å². The Morgan fingerprint density at radius 1 is 1.38 bits per heavy atom. The van der Waals surface area contributed by atoms with Gasteiger partial charge in [-0.25, -0.2) is 4.39 Å². The van der Waals surface area contributed by atoms with Crippen molar-refractivity contribution in [3.05, 3.63) is 29.6 Å². The summed E-state index contributed by atoms with van der Waals surface area (Å²) in [6.45, 7) is 4.87. The van der Waals surface area contributed by atoms with Crippen molar-refractivity contribution in [1.29, 1.82) is 0 Å². The maximum absolute atomic E-state index is 13.4. The van der Waals surface area contributed by atoms with Crippen molar-refractivity contribution >= 4 is 11.9 Å². The van der Waals surface area contributed by atoms with Gasteiger partial charge in [-0.2, -0.15) is 0 Å². The first-order valence-electron chi connectivity index (χ1n) is 6.61. The lowest BCUT2D eigenvalue weighted by Crippen LogP contribution is -2.34. The van der Waals surface area contributed by atoms with Crippen LogP contribution in [-0.2, 0) is 9.59 Å². The third kappa shape index (κ3) is 5.41. The fraction of sp³-hybridized carbons (Fsp3) is 0.467. The molecule has 1 amide bonds. The number of halogens is 1. The molecule has 0 aliphatic rings. The number of benzene rings is 1. The van der Waals surface area contributed by atoms with E-state index in [2.05, 4.69) is 5.32 Å². The fourth-order valence-electron chi connectivity index (χ4n) is 1.54. The van der Waals surface area contributed by atoms with Gasteiger partial charge in [-0.3, -0.25) is 9.59 Å². The molecule has 0 fully saturated rings. The molecule has 1 aromatic rings. The molecule has 0 spiro atoms. The first kappa shape index (κ1) is 16.9. The van der Waals surface area contributed by atoms with Crippen LogP contribution in [0.4, 0.5) is 4.39 Å². The second-order valence-corrected chi connectivity index (χ2v) is 5.51. The Kier molecular flexibility index (Phi) is 5.69. The lowest BCUT2D eigenvalue weighted by molar-refractivity contribution is -0.147. The number of carboxylic acid groups (broad SMARTS) is 1. The maximum atomic E-state index is 13.4. The molecule has 6 heteroatoms. The molecular weight excluding hydrogens is 277 g/mol. The van der Waals surface area contributed by atoms with Crippen LogP contribution in [0.3, 0.4) is 0 Å². The number of aryl methyl sites for hydroxylation is 1. The van der Waals surface area contributed by atoms with Gasteiger partial charge in [-0.1, -0.05) is 6.07 Å². The van der Waals surface area contributed by atoms with Crippen molar-refractivity contribution < 1.29 is 23.8 Å². The Bertz CT molecular complexity index is 528. The van der Waals surface area contributed by atoms with Gasteiger partial charge in [0.15, 0.2) is 18.2 Å². The van der Waals surface area contributed by atoms with E-state index in [4.69, 9.17) is 9.84 Å². The molecule has 0 saturated heterocycles. The van der Waals surface area contributed by atoms with E-state index in [1.165, 1.54) is 12.1 Å². The summed E-state index contributed by atoms with van der Waals surface area (Å²) in [5.74, 6) is -1.84. The molecule has 116 valence electrons. The number of aliphatic carboxylic acids is 1. The van der Waals surface area contributed by atoms with Crippen LogP contribution in [0.1, 0.15) is 25.8 Å². The van der Waals surface area contributed by atoms with Crippen molar-refractivity contribution in [3.63, 3.8) is 0 Å². The average Bonchev–Trinajstić information content (AvgIpc) is 2.39. The molecule has 0 bridgehead atoms. The summed E-state index contributed by atoms with van der Waals surface area (Å²) >= 11 is 0. The molecule has 0 saturated carbocycles. The van der Waals surface area contributed by atoms with Gasteiger partial charge < -0.3 is 15.2 Å². The van der Waals surface area contributed by atoms with Crippen molar-refractivity contribution in [2.45, 2.75) is 27.2 Å². The van der Waals surface area contributed by atoms with Crippen LogP contribution in [0.25, 0.3) is 0 Å². The van der Waals surface area contributed by atoms with Crippen molar-refractivity contribution in [2.75, 3.05) is 13.2 Å². The molecule has 0 heterocycles. The Hall–Kier alpha value is -2.11. The molecular formula is C15H20FNO4. The largest absolute Gasteiger partial charge is 0.481 e. The number of hydrogen-bond acceptors (Lipinski definition) is 3. The second kappa shape index (κ2) is 7.06. The number of nitrogens with one attached hydrogen (secondary N) is 1. The van der Waals surface area contributed by atoms with E-state index < -0.39 is 23.1 Å². The Balaban J connectivity index is 2.38. The second-order valence-electron chi connectivity index (χ2n) is 5.51. The fourth-order valence-corrected chi connectivity index (χ4v) is 1.54. The number of carbonyl (C=O) groups excluding carboxylic acids is 1. The van der Waals surface area contributed by atoms with Crippen LogP contribution in [0.2, 0.25) is 0 Å². The zero-order valence-electron chi connectivity index (χ0n) is 12.4. The Morgan fingerprint density at radius 2 is 2.05 bits per heavy atom. The van der Waals surface area contributed by atoms with E-state index in [0.717, 1.165) is 5.56 Å². The highest BCUT2D eigenvalue weighted by molar-refractivity contribution is 5.77. The highest BCUT2D eigenvalue weighted by Crippen LogP contribution is 2.19. The Morgan fingerprint density at radius 3 is 2.67 bits per heavy atom. The highest BCUT2D eigenvalue weighted by Gasteiger charge is 2.26. The van der Waals surface area contributed by atoms with Crippen molar-refractivity contribution in [3.8, 4) is 5.75 Å². The molecule has 0 aromatic heterocycles. The third-order valence-electron chi connectivity index (χ3n) is 3.10. The zero-order valence-corrected chi connectivity index (χ0v) is 12.4. The van der Waals surface area contributed by atoms with Crippen LogP contribution < -0.4 is 10.1 Å². The van der Waals surface area contributed by atoms with Crippen LogP contribution in [0.5, 0.6) is 5.75 Å². The van der Waals surface area contributed by atoms with Crippen molar-refractivity contribution in [1.82, 2.24) is 5.32 Å². The smallest absolute Gasteiger partial charge is 0.309 e. The minimum atomic E-state index is -0.921. The topological polar surface area (TPSA) is 75.6 Å². The molecule has 0 aliphatic heterocycles. The van der Waals surface area contributed by atoms with E-state index in [1.54, 1.807) is 26.8 Å². The van der Waals surface area contributed by atoms with Gasteiger partial charge in [-0.15, -0.1) is 0 Å². The van der Waals surface area contributed by atoms with Gasteiger partial charge >= 0.3 is 5.97 Å². The molecule has 2 N–H and O–H groups in total. The lowest BCUT2D eigenvalue weighted by Gasteiger charge is -2.18. The summed E-state index contributed by atoms with van der Waals surface area (Å²) in [6.07, 6.45) is 0.298. The number of hydrogen-bond donors (Lipinski definition) is 2. The molecule has 21 heavy (non-hydrogen) atoms. The average molecular weight is 297 g/mol. The van der Waals surface area contributed by atoms with Crippen molar-refractivity contribution in [2.24, 2.45) is 5.41 Å². The summed E-state index contributed by atoms with van der Waals surface area (Å²) in [5, 5.41) is 11.5. The summed E-state index contributed by atoms with van der Waals surface area (Å²) in [4.78, 5) is 22.5. The van der Waals surface area contributed by atoms with E-state index in [-0.39, 0.29) is 18.9 Å². The number of rotatable bonds is 7. The standard InChI is InChI=1S/C15H20FNO4/c1-10-4-5-11(16)12(8-10)21-9-13(18)17-7-6-15(2,3)14(19)20/h4-5,8H,6-7,9H2,1-3H3,(H,17,18)(H,19,20). The minimum absolute atomic E-state index is 0.0241. The van der Waals surface area contributed by atoms with Gasteiger partial charge in [0.05, 0.1) is 5.41 Å². The molecule has 5 nitrogen and oxygen atoms in total. The van der Waals surface area contributed by atoms with Gasteiger partial charge in [0.2, 0.25) is 0 Å². The summed E-state index contributed by atoms with van der Waals surface area (Å²) < 4.78 is 18.5. The minimum Gasteiger partial charge on any atom is -0.481 e. The number of ether oxygens (including phenoxy) is 1. The predicted molar refractivity (Wildman–Crippen MR) is 75.7 cm³/mol. The third-order valence-corrected chi connectivity index (χ3v) is 3.10. The molecule has 0 unspecified atom stereocenters. The normalized spacial score (nSPS) is 11.0. The SMILES string of the molecule is Cc1ccc(F)c(OCC(=O)NCCC(C)(C)C(=O)O)c1. The molecule has 0 radical (unpaired) electrons. The van der Waals surface area contributed by atoms with Gasteiger partial charge in [-0.05, 0) is 44.9 Å². The number of amides is 1. The zero-order chi connectivity index (χ0) is 16.0. The van der Waals surface area contributed by atoms with Crippen LogP contribution >= 0.6 is 0 Å². The summed E-state index contributed by atoms with van der Waals surface area (Å²) in [7, 11) is 0. The lowest BCUT2D eigenvalue weighted by atomic mass is 9.90. The van der Waals surface area contributed by atoms with E-state index in [1.807, 2.05) is 0 Å². The first-order valence-corrected chi connectivity index (χ1v) is 6.61. The number of carboxylic acids is 1. The van der Waals surface area contributed by atoms with Gasteiger partial charge in [0, 0.05) is 6.54 Å². The van der Waals surface area contributed by atoms with Crippen LogP contribution in [0.15, 0.2) is 18.2 Å². The number of carbonyl (C=O) groups is 2. The predicted octanol–water partition coefficient (Wildman–Crippen LogP) is 2.13.